The van der Waals surface area contributed by atoms with Crippen LogP contribution in [0.25, 0.3) is 0 Å². The van der Waals surface area contributed by atoms with Gasteiger partial charge in [0.15, 0.2) is 0 Å². The average molecular weight is 343 g/mol. The zero-order valence-corrected chi connectivity index (χ0v) is 13.8. The Bertz CT molecular complexity index is 639. The van der Waals surface area contributed by atoms with E-state index in [0.717, 1.165) is 21.8 Å². The van der Waals surface area contributed by atoms with Gasteiger partial charge in [-0.05, 0) is 36.6 Å². The minimum absolute atomic E-state index is 0.352. The minimum atomic E-state index is 0.352. The van der Waals surface area contributed by atoms with Crippen molar-refractivity contribution in [3.05, 3.63) is 52.0 Å². The van der Waals surface area contributed by atoms with Gasteiger partial charge < -0.3 is 11.1 Å². The molecule has 0 spiro atoms. The number of hydrogen-bond acceptors (Lipinski definition) is 3. The highest BCUT2D eigenvalue weighted by atomic mass is 35.5. The lowest BCUT2D eigenvalue weighted by molar-refractivity contribution is 1.40. The van der Waals surface area contributed by atoms with Crippen LogP contribution in [0, 0.1) is 0 Å². The molecule has 0 amide bonds. The number of benzene rings is 2. The van der Waals surface area contributed by atoms with Crippen molar-refractivity contribution < 1.29 is 0 Å². The molecule has 0 atom stereocenters. The molecule has 0 bridgehead atoms. The van der Waals surface area contributed by atoms with Crippen LogP contribution in [-0.2, 0) is 0 Å². The highest BCUT2D eigenvalue weighted by Gasteiger charge is 2.11. The maximum atomic E-state index is 6.00. The van der Waals surface area contributed by atoms with E-state index in [4.69, 9.17) is 41.2 Å². The summed E-state index contributed by atoms with van der Waals surface area (Å²) in [5, 5.41) is 4.40. The molecule has 0 aliphatic heterocycles. The summed E-state index contributed by atoms with van der Waals surface area (Å²) in [6.07, 6.45) is 1.98. The van der Waals surface area contributed by atoms with Crippen LogP contribution in [-0.4, -0.2) is 11.2 Å². The van der Waals surface area contributed by atoms with Gasteiger partial charge in [-0.2, -0.15) is 0 Å². The molecule has 3 N–H and O–H groups in total. The smallest absolute Gasteiger partial charge is 0.107 e. The minimum Gasteiger partial charge on any atom is -0.389 e. The molecular weight excluding hydrogens is 331 g/mol. The molecule has 104 valence electrons. The van der Waals surface area contributed by atoms with Crippen LogP contribution in [0.3, 0.4) is 0 Å². The second-order valence-electron chi connectivity index (χ2n) is 4.03. The van der Waals surface area contributed by atoms with E-state index in [-0.39, 0.29) is 0 Å². The Morgan fingerprint density at radius 2 is 1.85 bits per heavy atom. The predicted molar refractivity (Wildman–Crippen MR) is 93.9 cm³/mol. The Hall–Kier alpha value is -0.940. The Labute approximate surface area is 137 Å². The maximum Gasteiger partial charge on any atom is 0.107 e. The number of nitrogens with two attached hydrogens (primary N) is 1. The zero-order chi connectivity index (χ0) is 14.7. The molecular formula is C14H12Cl2N2S2. The van der Waals surface area contributed by atoms with Crippen LogP contribution in [0.5, 0.6) is 0 Å². The lowest BCUT2D eigenvalue weighted by Crippen LogP contribution is -2.13. The van der Waals surface area contributed by atoms with E-state index in [2.05, 4.69) is 5.32 Å². The average Bonchev–Trinajstić information content (AvgIpc) is 2.36. The van der Waals surface area contributed by atoms with Crippen molar-refractivity contribution in [1.29, 1.82) is 0 Å². The molecule has 6 heteroatoms. The van der Waals surface area contributed by atoms with Crippen molar-refractivity contribution in [2.24, 2.45) is 5.73 Å². The van der Waals surface area contributed by atoms with E-state index in [1.54, 1.807) is 30.0 Å². The fraction of sp³-hybridized carbons (Fsp3) is 0.0714. The first-order chi connectivity index (χ1) is 9.51. The van der Waals surface area contributed by atoms with E-state index in [1.807, 2.05) is 24.5 Å². The lowest BCUT2D eigenvalue weighted by Gasteiger charge is -2.14. The van der Waals surface area contributed by atoms with E-state index < -0.39 is 0 Å². The quantitative estimate of drug-likeness (QED) is 0.599. The number of rotatable bonds is 4. The van der Waals surface area contributed by atoms with Gasteiger partial charge in [-0.15, -0.1) is 11.8 Å². The molecule has 0 saturated carbocycles. The molecule has 0 saturated heterocycles. The van der Waals surface area contributed by atoms with Crippen molar-refractivity contribution >= 4 is 63.5 Å². The molecule has 0 aromatic heterocycles. The molecule has 0 radical (unpaired) electrons. The fourth-order valence-electron chi connectivity index (χ4n) is 1.84. The highest BCUT2D eigenvalue weighted by Crippen LogP contribution is 2.31. The van der Waals surface area contributed by atoms with Gasteiger partial charge in [0.2, 0.25) is 0 Å². The van der Waals surface area contributed by atoms with Crippen molar-refractivity contribution in [2.45, 2.75) is 4.90 Å². The largest absolute Gasteiger partial charge is 0.389 e. The van der Waals surface area contributed by atoms with E-state index in [0.29, 0.717) is 15.0 Å². The number of hydrogen-bond donors (Lipinski definition) is 2. The second kappa shape index (κ2) is 6.68. The van der Waals surface area contributed by atoms with Gasteiger partial charge in [-0.25, -0.2) is 0 Å². The third-order valence-electron chi connectivity index (χ3n) is 2.63. The van der Waals surface area contributed by atoms with Gasteiger partial charge in [0.05, 0.1) is 0 Å². The summed E-state index contributed by atoms with van der Waals surface area (Å²) in [7, 11) is 0. The summed E-state index contributed by atoms with van der Waals surface area (Å²) in [6.45, 7) is 0. The molecule has 2 aromatic rings. The van der Waals surface area contributed by atoms with Crippen molar-refractivity contribution in [3.8, 4) is 0 Å². The van der Waals surface area contributed by atoms with Gasteiger partial charge in [-0.1, -0.05) is 41.5 Å². The van der Waals surface area contributed by atoms with Crippen LogP contribution in [0.2, 0.25) is 10.0 Å². The van der Waals surface area contributed by atoms with Gasteiger partial charge in [0.25, 0.3) is 0 Å². The number of anilines is 2. The summed E-state index contributed by atoms with van der Waals surface area (Å²) in [5.41, 5.74) is 8.28. The summed E-state index contributed by atoms with van der Waals surface area (Å²) in [4.78, 5) is 1.38. The first-order valence-electron chi connectivity index (χ1n) is 5.71. The monoisotopic (exact) mass is 342 g/mol. The first-order valence-corrected chi connectivity index (χ1v) is 8.10. The fourth-order valence-corrected chi connectivity index (χ4v) is 3.29. The van der Waals surface area contributed by atoms with Crippen molar-refractivity contribution in [3.63, 3.8) is 0 Å². The summed E-state index contributed by atoms with van der Waals surface area (Å²) < 4.78 is 0. The van der Waals surface area contributed by atoms with Crippen molar-refractivity contribution in [2.75, 3.05) is 11.6 Å². The van der Waals surface area contributed by atoms with Crippen molar-refractivity contribution in [1.82, 2.24) is 0 Å². The molecule has 2 rings (SSSR count). The van der Waals surface area contributed by atoms with Gasteiger partial charge >= 0.3 is 0 Å². The Morgan fingerprint density at radius 1 is 1.20 bits per heavy atom. The Balaban J connectivity index is 2.45. The van der Waals surface area contributed by atoms with Crippen LogP contribution in [0.1, 0.15) is 5.56 Å². The van der Waals surface area contributed by atoms with E-state index in [9.17, 15) is 0 Å². The summed E-state index contributed by atoms with van der Waals surface area (Å²) >= 11 is 18.7. The van der Waals surface area contributed by atoms with Crippen LogP contribution in [0.4, 0.5) is 11.4 Å². The predicted octanol–water partition coefficient (Wildman–Crippen LogP) is 5.09. The van der Waals surface area contributed by atoms with Crippen LogP contribution in [0.15, 0.2) is 41.3 Å². The lowest BCUT2D eigenvalue weighted by atomic mass is 10.1. The maximum absolute atomic E-state index is 6.00. The highest BCUT2D eigenvalue weighted by molar-refractivity contribution is 7.98. The number of thioether (sulfide) groups is 1. The first kappa shape index (κ1) is 15.4. The SMILES string of the molecule is CSc1cccc(Nc2cc(Cl)cc(Cl)c2)c1C(N)=S. The van der Waals surface area contributed by atoms with Crippen LogP contribution < -0.4 is 11.1 Å². The molecule has 0 heterocycles. The molecule has 0 fully saturated rings. The van der Waals surface area contributed by atoms with Gasteiger partial charge in [0.1, 0.15) is 4.99 Å². The van der Waals surface area contributed by atoms with E-state index >= 15 is 0 Å². The third-order valence-corrected chi connectivity index (χ3v) is 4.05. The number of thiocarbonyl (C=S) groups is 1. The second-order valence-corrected chi connectivity index (χ2v) is 6.19. The summed E-state index contributed by atoms with van der Waals surface area (Å²) in [5.74, 6) is 0. The molecule has 0 unspecified atom stereocenters. The van der Waals surface area contributed by atoms with E-state index in [1.165, 1.54) is 0 Å². The molecule has 20 heavy (non-hydrogen) atoms. The molecule has 2 aromatic carbocycles. The summed E-state index contributed by atoms with van der Waals surface area (Å²) in [6, 6.07) is 11.1. The standard InChI is InChI=1S/C14H12Cl2N2S2/c1-20-12-4-2-3-11(13(12)14(17)19)18-10-6-8(15)5-9(16)7-10/h2-7,18H,1H3,(H2,17,19). The third kappa shape index (κ3) is 3.58. The normalized spacial score (nSPS) is 10.3. The Morgan fingerprint density at radius 3 is 2.40 bits per heavy atom. The van der Waals surface area contributed by atoms with Gasteiger partial charge in [-0.3, -0.25) is 0 Å². The molecule has 0 aliphatic carbocycles. The molecule has 2 nitrogen and oxygen atoms in total. The van der Waals surface area contributed by atoms with Crippen LogP contribution >= 0.6 is 47.2 Å². The molecule has 0 aliphatic rings. The topological polar surface area (TPSA) is 38.0 Å². The zero-order valence-electron chi connectivity index (χ0n) is 10.6. The number of halogens is 2. The number of nitrogens with one attached hydrogen (secondary N) is 1. The Kier molecular flexibility index (Phi) is 5.16. The van der Waals surface area contributed by atoms with Gasteiger partial charge in [0, 0.05) is 31.9 Å².